The molecule has 3 rings (SSSR count). The highest BCUT2D eigenvalue weighted by molar-refractivity contribution is 6.30. The molecular weight excluding hydrogens is 389 g/mol. The molecule has 1 fully saturated rings. The van der Waals surface area contributed by atoms with Crippen LogP contribution in [-0.2, 0) is 11.2 Å². The van der Waals surface area contributed by atoms with Crippen LogP contribution >= 0.6 is 23.2 Å². The number of aromatic nitrogens is 3. The average Bonchev–Trinajstić information content (AvgIpc) is 2.94. The second-order valence-electron chi connectivity index (χ2n) is 6.35. The summed E-state index contributed by atoms with van der Waals surface area (Å²) < 4.78 is 0. The van der Waals surface area contributed by atoms with Gasteiger partial charge < -0.3 is 4.90 Å². The first kappa shape index (κ1) is 19.5. The molecule has 9 heteroatoms. The first-order valence-corrected chi connectivity index (χ1v) is 9.41. The molecular formula is C18H19Cl2N5O2. The standard InChI is InChI=1S/C18H19Cl2N5O2/c1-2-3-15-10-25(17-22-8-13(20)9-23-17)18(27)24(15)11-16(26)6-14-5-4-12(19)7-21-14/h4-5,7-9,15H,2-3,6,10-11H2,1H3/t15-/m0/s1. The average molecular weight is 408 g/mol. The number of carbonyl (C=O) groups excluding carboxylic acids is 2. The molecule has 3 heterocycles. The molecule has 0 bridgehead atoms. The van der Waals surface area contributed by atoms with Crippen LogP contribution in [0, 0.1) is 0 Å². The van der Waals surface area contributed by atoms with Crippen molar-refractivity contribution in [3.8, 4) is 0 Å². The van der Waals surface area contributed by atoms with Gasteiger partial charge in [0.2, 0.25) is 5.95 Å². The molecule has 2 amide bonds. The molecule has 0 saturated carbocycles. The summed E-state index contributed by atoms with van der Waals surface area (Å²) in [7, 11) is 0. The summed E-state index contributed by atoms with van der Waals surface area (Å²) in [6.07, 6.45) is 6.25. The Hall–Kier alpha value is -2.25. The van der Waals surface area contributed by atoms with Gasteiger partial charge in [-0.2, -0.15) is 0 Å². The fourth-order valence-corrected chi connectivity index (χ4v) is 3.26. The third-order valence-electron chi connectivity index (χ3n) is 4.29. The van der Waals surface area contributed by atoms with Gasteiger partial charge in [-0.25, -0.2) is 14.8 Å². The largest absolute Gasteiger partial charge is 0.327 e. The van der Waals surface area contributed by atoms with Crippen molar-refractivity contribution >= 4 is 41.0 Å². The lowest BCUT2D eigenvalue weighted by molar-refractivity contribution is -0.119. The number of ketones is 1. The van der Waals surface area contributed by atoms with Gasteiger partial charge in [0.1, 0.15) is 0 Å². The number of hydrogen-bond donors (Lipinski definition) is 0. The second kappa shape index (κ2) is 8.63. The van der Waals surface area contributed by atoms with Crippen molar-refractivity contribution in [3.05, 3.63) is 46.5 Å². The number of halogens is 2. The number of nitrogens with zero attached hydrogens (tertiary/aromatic N) is 5. The van der Waals surface area contributed by atoms with Crippen LogP contribution in [0.5, 0.6) is 0 Å². The van der Waals surface area contributed by atoms with Gasteiger partial charge in [-0.05, 0) is 18.6 Å². The first-order valence-electron chi connectivity index (χ1n) is 8.65. The lowest BCUT2D eigenvalue weighted by atomic mass is 10.1. The molecule has 0 aromatic carbocycles. The zero-order chi connectivity index (χ0) is 19.4. The SMILES string of the molecule is CCC[C@H]1CN(c2ncc(Cl)cn2)C(=O)N1CC(=O)Cc1ccc(Cl)cn1. The van der Waals surface area contributed by atoms with Gasteiger partial charge in [0.05, 0.1) is 48.0 Å². The number of urea groups is 1. The Balaban J connectivity index is 1.71. The highest BCUT2D eigenvalue weighted by Crippen LogP contribution is 2.24. The zero-order valence-electron chi connectivity index (χ0n) is 14.8. The van der Waals surface area contributed by atoms with Crippen molar-refractivity contribution in [2.45, 2.75) is 32.2 Å². The maximum absolute atomic E-state index is 12.9. The monoisotopic (exact) mass is 407 g/mol. The van der Waals surface area contributed by atoms with Crippen molar-refractivity contribution in [2.75, 3.05) is 18.0 Å². The second-order valence-corrected chi connectivity index (χ2v) is 7.22. The van der Waals surface area contributed by atoms with Gasteiger partial charge in [-0.3, -0.25) is 14.7 Å². The number of pyridine rings is 1. The number of anilines is 1. The Bertz CT molecular complexity index is 814. The fraction of sp³-hybridized carbons (Fsp3) is 0.389. The van der Waals surface area contributed by atoms with Crippen LogP contribution in [0.1, 0.15) is 25.5 Å². The van der Waals surface area contributed by atoms with Crippen molar-refractivity contribution < 1.29 is 9.59 Å². The zero-order valence-corrected chi connectivity index (χ0v) is 16.3. The molecule has 27 heavy (non-hydrogen) atoms. The van der Waals surface area contributed by atoms with Gasteiger partial charge in [0.15, 0.2) is 5.78 Å². The summed E-state index contributed by atoms with van der Waals surface area (Å²) in [5, 5.41) is 0.917. The predicted octanol–water partition coefficient (Wildman–Crippen LogP) is 3.40. The minimum absolute atomic E-state index is 0.0257. The normalized spacial score (nSPS) is 16.9. The van der Waals surface area contributed by atoms with E-state index < -0.39 is 0 Å². The molecule has 142 valence electrons. The molecule has 2 aromatic heterocycles. The molecule has 0 aliphatic carbocycles. The Morgan fingerprint density at radius 2 is 1.85 bits per heavy atom. The minimum Gasteiger partial charge on any atom is -0.312 e. The molecule has 1 aliphatic rings. The molecule has 2 aromatic rings. The summed E-state index contributed by atoms with van der Waals surface area (Å²) in [5.74, 6) is 0.206. The van der Waals surface area contributed by atoms with Gasteiger partial charge in [0, 0.05) is 11.9 Å². The van der Waals surface area contributed by atoms with Crippen LogP contribution < -0.4 is 4.90 Å². The smallest absolute Gasteiger partial charge is 0.312 e. The third kappa shape index (κ3) is 4.73. The Morgan fingerprint density at radius 1 is 1.15 bits per heavy atom. The van der Waals surface area contributed by atoms with E-state index in [4.69, 9.17) is 23.2 Å². The van der Waals surface area contributed by atoms with Crippen molar-refractivity contribution in [3.63, 3.8) is 0 Å². The van der Waals surface area contributed by atoms with Crippen LogP contribution in [0.4, 0.5) is 10.7 Å². The van der Waals surface area contributed by atoms with E-state index in [2.05, 4.69) is 15.0 Å². The number of rotatable bonds is 7. The molecule has 1 atom stereocenters. The predicted molar refractivity (Wildman–Crippen MR) is 103 cm³/mol. The third-order valence-corrected chi connectivity index (χ3v) is 4.71. The van der Waals surface area contributed by atoms with Gasteiger partial charge in [-0.1, -0.05) is 36.5 Å². The maximum Gasteiger partial charge on any atom is 0.327 e. The van der Waals surface area contributed by atoms with Crippen molar-refractivity contribution in [1.29, 1.82) is 0 Å². The lowest BCUT2D eigenvalue weighted by Gasteiger charge is -2.21. The summed E-state index contributed by atoms with van der Waals surface area (Å²) in [6.45, 7) is 2.52. The van der Waals surface area contributed by atoms with E-state index in [0.29, 0.717) is 28.2 Å². The quantitative estimate of drug-likeness (QED) is 0.702. The summed E-state index contributed by atoms with van der Waals surface area (Å²) in [4.78, 5) is 40.8. The maximum atomic E-state index is 12.9. The number of Topliss-reactive ketones (excluding diaryl/α,β-unsaturated/α-hetero) is 1. The molecule has 7 nitrogen and oxygen atoms in total. The van der Waals surface area contributed by atoms with E-state index in [1.807, 2.05) is 6.92 Å². The van der Waals surface area contributed by atoms with Crippen LogP contribution in [0.15, 0.2) is 30.7 Å². The van der Waals surface area contributed by atoms with Crippen LogP contribution in [0.25, 0.3) is 0 Å². The van der Waals surface area contributed by atoms with E-state index in [1.165, 1.54) is 23.5 Å². The van der Waals surface area contributed by atoms with E-state index >= 15 is 0 Å². The Kier molecular flexibility index (Phi) is 6.23. The molecule has 1 saturated heterocycles. The van der Waals surface area contributed by atoms with Crippen LogP contribution in [0.2, 0.25) is 10.0 Å². The van der Waals surface area contributed by atoms with Crippen LogP contribution in [0.3, 0.4) is 0 Å². The number of amides is 2. The van der Waals surface area contributed by atoms with E-state index in [9.17, 15) is 9.59 Å². The molecule has 0 unspecified atom stereocenters. The molecule has 0 radical (unpaired) electrons. The first-order chi connectivity index (χ1) is 13.0. The van der Waals surface area contributed by atoms with Gasteiger partial charge in [-0.15, -0.1) is 0 Å². The minimum atomic E-state index is -0.270. The van der Waals surface area contributed by atoms with Crippen LogP contribution in [-0.4, -0.2) is 50.8 Å². The van der Waals surface area contributed by atoms with Crippen molar-refractivity contribution in [1.82, 2.24) is 19.9 Å². The summed E-state index contributed by atoms with van der Waals surface area (Å²) in [5.41, 5.74) is 0.626. The molecule has 1 aliphatic heterocycles. The van der Waals surface area contributed by atoms with Crippen molar-refractivity contribution in [2.24, 2.45) is 0 Å². The Morgan fingerprint density at radius 3 is 2.48 bits per heavy atom. The Labute approximate surface area is 167 Å². The number of carbonyl (C=O) groups is 2. The lowest BCUT2D eigenvalue weighted by Crippen LogP contribution is -2.39. The fourth-order valence-electron chi connectivity index (χ4n) is 3.05. The van der Waals surface area contributed by atoms with Gasteiger partial charge in [0.25, 0.3) is 0 Å². The van der Waals surface area contributed by atoms with Gasteiger partial charge >= 0.3 is 6.03 Å². The van der Waals surface area contributed by atoms with E-state index in [-0.39, 0.29) is 30.8 Å². The molecule has 0 N–H and O–H groups in total. The highest BCUT2D eigenvalue weighted by atomic mass is 35.5. The van der Waals surface area contributed by atoms with E-state index in [0.717, 1.165) is 12.8 Å². The van der Waals surface area contributed by atoms with E-state index in [1.54, 1.807) is 17.0 Å². The topological polar surface area (TPSA) is 79.3 Å². The summed E-state index contributed by atoms with van der Waals surface area (Å²) >= 11 is 11.6. The number of hydrogen-bond acceptors (Lipinski definition) is 5. The summed E-state index contributed by atoms with van der Waals surface area (Å²) in [6, 6.07) is 3.07. The highest BCUT2D eigenvalue weighted by Gasteiger charge is 2.39. The molecule has 0 spiro atoms.